The van der Waals surface area contributed by atoms with Crippen LogP contribution in [0.25, 0.3) is 0 Å². The Morgan fingerprint density at radius 2 is 1.93 bits per heavy atom. The van der Waals surface area contributed by atoms with Crippen LogP contribution in [0.15, 0.2) is 18.2 Å². The average Bonchev–Trinajstić information content (AvgIpc) is 2.19. The Labute approximate surface area is 88.3 Å². The summed E-state index contributed by atoms with van der Waals surface area (Å²) >= 11 is 2.93. The SMILES string of the molecule is OC(CBr)C(O)c1cc(F)ccc1F. The maximum absolute atomic E-state index is 13.1. The van der Waals surface area contributed by atoms with E-state index in [4.69, 9.17) is 0 Å². The minimum Gasteiger partial charge on any atom is -0.389 e. The number of halogens is 3. The first-order chi connectivity index (χ1) is 6.56. The van der Waals surface area contributed by atoms with E-state index in [0.29, 0.717) is 0 Å². The Balaban J connectivity index is 2.99. The van der Waals surface area contributed by atoms with Gasteiger partial charge in [-0.15, -0.1) is 0 Å². The topological polar surface area (TPSA) is 40.5 Å². The Hall–Kier alpha value is -0.520. The van der Waals surface area contributed by atoms with Crippen LogP contribution < -0.4 is 0 Å². The third-order valence-electron chi connectivity index (χ3n) is 1.80. The van der Waals surface area contributed by atoms with Crippen LogP contribution in [-0.2, 0) is 0 Å². The summed E-state index contributed by atoms with van der Waals surface area (Å²) in [5, 5.41) is 18.7. The number of aliphatic hydroxyl groups is 2. The largest absolute Gasteiger partial charge is 0.389 e. The third kappa shape index (κ3) is 2.50. The summed E-state index contributed by atoms with van der Waals surface area (Å²) in [5.74, 6) is -1.39. The number of benzene rings is 1. The number of hydrogen-bond acceptors (Lipinski definition) is 2. The highest BCUT2D eigenvalue weighted by molar-refractivity contribution is 9.09. The van der Waals surface area contributed by atoms with Crippen LogP contribution in [0, 0.1) is 11.6 Å². The molecule has 0 fully saturated rings. The second kappa shape index (κ2) is 4.82. The summed E-state index contributed by atoms with van der Waals surface area (Å²) in [7, 11) is 0. The van der Waals surface area contributed by atoms with Crippen LogP contribution in [0.5, 0.6) is 0 Å². The van der Waals surface area contributed by atoms with Crippen molar-refractivity contribution in [2.75, 3.05) is 5.33 Å². The molecule has 14 heavy (non-hydrogen) atoms. The van der Waals surface area contributed by atoms with Gasteiger partial charge in [0.05, 0.1) is 6.10 Å². The minimum atomic E-state index is -1.43. The average molecular weight is 267 g/mol. The number of alkyl halides is 1. The molecule has 5 heteroatoms. The molecule has 0 aromatic heterocycles. The first-order valence-corrected chi connectivity index (χ1v) is 5.05. The lowest BCUT2D eigenvalue weighted by molar-refractivity contribution is 0.0318. The Bertz CT molecular complexity index is 320. The highest BCUT2D eigenvalue weighted by Gasteiger charge is 2.20. The zero-order valence-electron chi connectivity index (χ0n) is 7.12. The van der Waals surface area contributed by atoms with E-state index in [1.807, 2.05) is 0 Å². The molecule has 2 atom stereocenters. The van der Waals surface area contributed by atoms with E-state index in [-0.39, 0.29) is 10.9 Å². The van der Waals surface area contributed by atoms with E-state index >= 15 is 0 Å². The Kier molecular flexibility index (Phi) is 3.97. The summed E-state index contributed by atoms with van der Waals surface area (Å²) in [6, 6.07) is 2.73. The molecule has 2 N–H and O–H groups in total. The molecule has 0 amide bonds. The molecule has 0 aliphatic heterocycles. The molecule has 0 bridgehead atoms. The summed E-state index contributed by atoms with van der Waals surface area (Å²) in [4.78, 5) is 0. The van der Waals surface area contributed by atoms with Crippen LogP contribution in [0.4, 0.5) is 8.78 Å². The fraction of sp³-hybridized carbons (Fsp3) is 0.333. The van der Waals surface area contributed by atoms with Crippen LogP contribution in [0.1, 0.15) is 11.7 Å². The van der Waals surface area contributed by atoms with Gasteiger partial charge in [-0.05, 0) is 18.2 Å². The lowest BCUT2D eigenvalue weighted by Gasteiger charge is -2.16. The van der Waals surface area contributed by atoms with Gasteiger partial charge in [-0.25, -0.2) is 8.78 Å². The normalized spacial score (nSPS) is 15.2. The monoisotopic (exact) mass is 266 g/mol. The summed E-state index contributed by atoms with van der Waals surface area (Å²) in [6.45, 7) is 0. The van der Waals surface area contributed by atoms with Crippen LogP contribution in [-0.4, -0.2) is 21.6 Å². The van der Waals surface area contributed by atoms with Gasteiger partial charge in [-0.2, -0.15) is 0 Å². The molecule has 78 valence electrons. The first-order valence-electron chi connectivity index (χ1n) is 3.93. The fourth-order valence-corrected chi connectivity index (χ4v) is 1.39. The van der Waals surface area contributed by atoms with Crippen molar-refractivity contribution in [1.29, 1.82) is 0 Å². The highest BCUT2D eigenvalue weighted by Crippen LogP contribution is 2.22. The van der Waals surface area contributed by atoms with Crippen molar-refractivity contribution < 1.29 is 19.0 Å². The second-order valence-electron chi connectivity index (χ2n) is 2.83. The highest BCUT2D eigenvalue weighted by atomic mass is 79.9. The van der Waals surface area contributed by atoms with Crippen molar-refractivity contribution in [3.63, 3.8) is 0 Å². The zero-order chi connectivity index (χ0) is 10.7. The predicted octanol–water partition coefficient (Wildman–Crippen LogP) is 1.75. The van der Waals surface area contributed by atoms with Crippen molar-refractivity contribution in [3.05, 3.63) is 35.4 Å². The molecule has 0 spiro atoms. The van der Waals surface area contributed by atoms with Gasteiger partial charge in [-0.1, -0.05) is 15.9 Å². The summed E-state index contributed by atoms with van der Waals surface area (Å²) in [5.41, 5.74) is -0.239. The van der Waals surface area contributed by atoms with E-state index < -0.39 is 23.8 Å². The van der Waals surface area contributed by atoms with Crippen molar-refractivity contribution >= 4 is 15.9 Å². The van der Waals surface area contributed by atoms with Crippen LogP contribution >= 0.6 is 15.9 Å². The van der Waals surface area contributed by atoms with Gasteiger partial charge in [0.2, 0.25) is 0 Å². The molecule has 0 aliphatic rings. The number of aliphatic hydroxyl groups excluding tert-OH is 2. The third-order valence-corrected chi connectivity index (χ3v) is 2.46. The Morgan fingerprint density at radius 1 is 1.29 bits per heavy atom. The quantitative estimate of drug-likeness (QED) is 0.819. The predicted molar refractivity (Wildman–Crippen MR) is 51.1 cm³/mol. The van der Waals surface area contributed by atoms with Crippen molar-refractivity contribution in [2.24, 2.45) is 0 Å². The maximum Gasteiger partial charge on any atom is 0.129 e. The molecule has 2 unspecified atom stereocenters. The first kappa shape index (κ1) is 11.6. The van der Waals surface area contributed by atoms with Gasteiger partial charge in [0.1, 0.15) is 17.7 Å². The molecule has 0 aliphatic carbocycles. The lowest BCUT2D eigenvalue weighted by atomic mass is 10.0. The lowest BCUT2D eigenvalue weighted by Crippen LogP contribution is -2.20. The van der Waals surface area contributed by atoms with Gasteiger partial charge < -0.3 is 10.2 Å². The molecule has 0 heterocycles. The molecule has 0 saturated heterocycles. The molecule has 1 aromatic rings. The smallest absolute Gasteiger partial charge is 0.129 e. The second-order valence-corrected chi connectivity index (χ2v) is 3.48. The van der Waals surface area contributed by atoms with Gasteiger partial charge in [-0.3, -0.25) is 0 Å². The van der Waals surface area contributed by atoms with E-state index in [1.54, 1.807) is 0 Å². The minimum absolute atomic E-state index is 0.0874. The zero-order valence-corrected chi connectivity index (χ0v) is 8.71. The van der Waals surface area contributed by atoms with Crippen molar-refractivity contribution in [3.8, 4) is 0 Å². The fourth-order valence-electron chi connectivity index (χ4n) is 1.03. The standard InChI is InChI=1S/C9H9BrF2O2/c10-4-8(13)9(14)6-3-5(11)1-2-7(6)12/h1-3,8-9,13-14H,4H2. The van der Waals surface area contributed by atoms with Crippen molar-refractivity contribution in [1.82, 2.24) is 0 Å². The molecular weight excluding hydrogens is 258 g/mol. The molecule has 1 aromatic carbocycles. The molecule has 2 nitrogen and oxygen atoms in total. The van der Waals surface area contributed by atoms with E-state index in [1.165, 1.54) is 0 Å². The van der Waals surface area contributed by atoms with Crippen LogP contribution in [0.2, 0.25) is 0 Å². The molecule has 0 saturated carbocycles. The Morgan fingerprint density at radius 3 is 2.50 bits per heavy atom. The van der Waals surface area contributed by atoms with Crippen molar-refractivity contribution in [2.45, 2.75) is 12.2 Å². The van der Waals surface area contributed by atoms with Gasteiger partial charge >= 0.3 is 0 Å². The number of hydrogen-bond donors (Lipinski definition) is 2. The maximum atomic E-state index is 13.1. The molecule has 0 radical (unpaired) electrons. The van der Waals surface area contributed by atoms with Gasteiger partial charge in [0, 0.05) is 10.9 Å². The molecule has 1 rings (SSSR count). The van der Waals surface area contributed by atoms with Gasteiger partial charge in [0.15, 0.2) is 0 Å². The number of rotatable bonds is 3. The van der Waals surface area contributed by atoms with E-state index in [9.17, 15) is 19.0 Å². The van der Waals surface area contributed by atoms with Crippen LogP contribution in [0.3, 0.4) is 0 Å². The van der Waals surface area contributed by atoms with Gasteiger partial charge in [0.25, 0.3) is 0 Å². The van der Waals surface area contributed by atoms with E-state index in [0.717, 1.165) is 18.2 Å². The molecular formula is C9H9BrF2O2. The summed E-state index contributed by atoms with van der Waals surface area (Å²) in [6.07, 6.45) is -2.59. The summed E-state index contributed by atoms with van der Waals surface area (Å²) < 4.78 is 25.8. The van der Waals surface area contributed by atoms with E-state index in [2.05, 4.69) is 15.9 Å².